The highest BCUT2D eigenvalue weighted by Gasteiger charge is 2.14. The number of unbranched alkanes of at least 4 members (excludes halogenated alkanes) is 1. The minimum absolute atomic E-state index is 0. The Balaban J connectivity index is 0.00000264. The van der Waals surface area contributed by atoms with Crippen LogP contribution in [0.15, 0.2) is 36.5 Å². The molecule has 5 nitrogen and oxygen atoms in total. The van der Waals surface area contributed by atoms with Crippen LogP contribution in [0.4, 0.5) is 4.39 Å². The molecule has 0 aliphatic carbocycles. The molecule has 0 spiro atoms. The molecule has 0 bridgehead atoms. The van der Waals surface area contributed by atoms with E-state index in [1.165, 1.54) is 16.8 Å². The SMILES string of the molecule is CCCCC(CN)NC(=O)c1ccn(-c2ccc(F)cc2)n1.Cl. The number of aromatic nitrogens is 2. The first-order valence-corrected chi connectivity index (χ1v) is 7.46. The van der Waals surface area contributed by atoms with Crippen LogP contribution >= 0.6 is 12.4 Å². The summed E-state index contributed by atoms with van der Waals surface area (Å²) < 4.78 is 14.5. The molecule has 126 valence electrons. The summed E-state index contributed by atoms with van der Waals surface area (Å²) in [5.74, 6) is -0.553. The van der Waals surface area contributed by atoms with Crippen LogP contribution in [0.5, 0.6) is 0 Å². The molecule has 0 aliphatic rings. The molecule has 1 heterocycles. The third-order valence-corrected chi connectivity index (χ3v) is 3.44. The van der Waals surface area contributed by atoms with Crippen LogP contribution in [-0.2, 0) is 0 Å². The summed E-state index contributed by atoms with van der Waals surface area (Å²) in [7, 11) is 0. The molecular formula is C16H22ClFN4O. The summed E-state index contributed by atoms with van der Waals surface area (Å²) in [6.45, 7) is 2.50. The van der Waals surface area contributed by atoms with Gasteiger partial charge >= 0.3 is 0 Å². The number of benzene rings is 1. The normalized spacial score (nSPS) is 11.6. The molecule has 7 heteroatoms. The van der Waals surface area contributed by atoms with E-state index in [9.17, 15) is 9.18 Å². The lowest BCUT2D eigenvalue weighted by atomic mass is 10.1. The van der Waals surface area contributed by atoms with E-state index in [2.05, 4.69) is 17.3 Å². The number of nitrogens with one attached hydrogen (secondary N) is 1. The Morgan fingerprint density at radius 3 is 2.65 bits per heavy atom. The largest absolute Gasteiger partial charge is 0.347 e. The summed E-state index contributed by atoms with van der Waals surface area (Å²) in [5.41, 5.74) is 6.69. The smallest absolute Gasteiger partial charge is 0.272 e. The number of hydrogen-bond acceptors (Lipinski definition) is 3. The van der Waals surface area contributed by atoms with Crippen molar-refractivity contribution in [2.24, 2.45) is 5.73 Å². The zero-order valence-electron chi connectivity index (χ0n) is 13.0. The first-order chi connectivity index (χ1) is 10.6. The van der Waals surface area contributed by atoms with Crippen molar-refractivity contribution in [3.63, 3.8) is 0 Å². The van der Waals surface area contributed by atoms with Gasteiger partial charge in [0, 0.05) is 18.8 Å². The first-order valence-electron chi connectivity index (χ1n) is 7.46. The van der Waals surface area contributed by atoms with Gasteiger partial charge in [0.15, 0.2) is 5.69 Å². The van der Waals surface area contributed by atoms with Crippen LogP contribution in [0.25, 0.3) is 5.69 Å². The lowest BCUT2D eigenvalue weighted by Gasteiger charge is -2.15. The van der Waals surface area contributed by atoms with E-state index in [1.807, 2.05) is 0 Å². The maximum absolute atomic E-state index is 12.9. The molecule has 23 heavy (non-hydrogen) atoms. The van der Waals surface area contributed by atoms with Crippen LogP contribution in [0.1, 0.15) is 36.7 Å². The lowest BCUT2D eigenvalue weighted by Crippen LogP contribution is -2.40. The Labute approximate surface area is 141 Å². The molecule has 0 aliphatic heterocycles. The van der Waals surface area contributed by atoms with E-state index in [0.717, 1.165) is 19.3 Å². The van der Waals surface area contributed by atoms with E-state index in [4.69, 9.17) is 5.73 Å². The zero-order valence-corrected chi connectivity index (χ0v) is 13.9. The average Bonchev–Trinajstić information content (AvgIpc) is 3.02. The van der Waals surface area contributed by atoms with Gasteiger partial charge in [0.25, 0.3) is 5.91 Å². The minimum Gasteiger partial charge on any atom is -0.347 e. The van der Waals surface area contributed by atoms with Crippen molar-refractivity contribution >= 4 is 18.3 Å². The molecule has 0 saturated heterocycles. The lowest BCUT2D eigenvalue weighted by molar-refractivity contribution is 0.0930. The van der Waals surface area contributed by atoms with Crippen LogP contribution < -0.4 is 11.1 Å². The van der Waals surface area contributed by atoms with Gasteiger partial charge in [-0.3, -0.25) is 4.79 Å². The van der Waals surface area contributed by atoms with Crippen molar-refractivity contribution in [3.8, 4) is 5.69 Å². The van der Waals surface area contributed by atoms with E-state index in [0.29, 0.717) is 17.9 Å². The van der Waals surface area contributed by atoms with Crippen LogP contribution in [0, 0.1) is 5.82 Å². The summed E-state index contributed by atoms with van der Waals surface area (Å²) >= 11 is 0. The van der Waals surface area contributed by atoms with E-state index >= 15 is 0 Å². The quantitative estimate of drug-likeness (QED) is 0.814. The summed E-state index contributed by atoms with van der Waals surface area (Å²) in [4.78, 5) is 12.2. The molecule has 2 rings (SSSR count). The molecule has 0 radical (unpaired) electrons. The van der Waals surface area contributed by atoms with Crippen LogP contribution in [0.2, 0.25) is 0 Å². The summed E-state index contributed by atoms with van der Waals surface area (Å²) in [6.07, 6.45) is 4.61. The van der Waals surface area contributed by atoms with Crippen LogP contribution in [0.3, 0.4) is 0 Å². The molecule has 0 saturated carbocycles. The monoisotopic (exact) mass is 340 g/mol. The van der Waals surface area contributed by atoms with Crippen molar-refractivity contribution in [3.05, 3.63) is 48.0 Å². The standard InChI is InChI=1S/C16H21FN4O.ClH/c1-2-3-4-13(11-18)19-16(22)15-9-10-21(20-15)14-7-5-12(17)6-8-14;/h5-10,13H,2-4,11,18H2,1H3,(H,19,22);1H. The van der Waals surface area contributed by atoms with Gasteiger partial charge in [-0.25, -0.2) is 9.07 Å². The number of nitrogens with zero attached hydrogens (tertiary/aromatic N) is 2. The van der Waals surface area contributed by atoms with Crippen molar-refractivity contribution in [2.75, 3.05) is 6.54 Å². The molecular weight excluding hydrogens is 319 g/mol. The number of hydrogen-bond donors (Lipinski definition) is 2. The molecule has 0 fully saturated rings. The van der Waals surface area contributed by atoms with Crippen molar-refractivity contribution in [1.82, 2.24) is 15.1 Å². The molecule has 1 amide bonds. The number of nitrogens with two attached hydrogens (primary N) is 1. The second-order valence-corrected chi connectivity index (χ2v) is 5.17. The van der Waals surface area contributed by atoms with Crippen molar-refractivity contribution < 1.29 is 9.18 Å². The maximum atomic E-state index is 12.9. The topological polar surface area (TPSA) is 72.9 Å². The van der Waals surface area contributed by atoms with Gasteiger partial charge < -0.3 is 11.1 Å². The first kappa shape index (κ1) is 19.1. The second kappa shape index (κ2) is 9.27. The average molecular weight is 341 g/mol. The molecule has 1 aromatic heterocycles. The number of halogens is 2. The predicted molar refractivity (Wildman–Crippen MR) is 90.6 cm³/mol. The predicted octanol–water partition coefficient (Wildman–Crippen LogP) is 2.68. The number of amides is 1. The Morgan fingerprint density at radius 2 is 2.04 bits per heavy atom. The summed E-state index contributed by atoms with van der Waals surface area (Å²) in [5, 5.41) is 7.11. The van der Waals surface area contributed by atoms with E-state index in [1.54, 1.807) is 24.4 Å². The fourth-order valence-electron chi connectivity index (χ4n) is 2.14. The van der Waals surface area contributed by atoms with Crippen molar-refractivity contribution in [2.45, 2.75) is 32.2 Å². The van der Waals surface area contributed by atoms with Gasteiger partial charge in [-0.15, -0.1) is 12.4 Å². The van der Waals surface area contributed by atoms with Crippen LogP contribution in [-0.4, -0.2) is 28.3 Å². The highest BCUT2D eigenvalue weighted by Crippen LogP contribution is 2.09. The minimum atomic E-state index is -0.310. The number of carbonyl (C=O) groups excluding carboxylic acids is 1. The van der Waals surface area contributed by atoms with E-state index < -0.39 is 0 Å². The maximum Gasteiger partial charge on any atom is 0.272 e. The second-order valence-electron chi connectivity index (χ2n) is 5.17. The number of carbonyl (C=O) groups is 1. The third kappa shape index (κ3) is 5.33. The van der Waals surface area contributed by atoms with Gasteiger partial charge in [-0.2, -0.15) is 5.10 Å². The van der Waals surface area contributed by atoms with E-state index in [-0.39, 0.29) is 30.2 Å². The molecule has 3 N–H and O–H groups in total. The Bertz CT molecular complexity index is 615. The molecule has 2 aromatic rings. The highest BCUT2D eigenvalue weighted by molar-refractivity contribution is 5.92. The molecule has 1 aromatic carbocycles. The fraction of sp³-hybridized carbons (Fsp3) is 0.375. The Morgan fingerprint density at radius 1 is 1.35 bits per heavy atom. The van der Waals surface area contributed by atoms with Gasteiger partial charge in [0.2, 0.25) is 0 Å². The Hall–Kier alpha value is -1.92. The van der Waals surface area contributed by atoms with Gasteiger partial charge in [0.1, 0.15) is 5.82 Å². The molecule has 1 atom stereocenters. The Kier molecular flexibility index (Phi) is 7.71. The fourth-order valence-corrected chi connectivity index (χ4v) is 2.14. The molecule has 1 unspecified atom stereocenters. The number of rotatable bonds is 7. The summed E-state index contributed by atoms with van der Waals surface area (Å²) in [6, 6.07) is 7.51. The third-order valence-electron chi connectivity index (χ3n) is 3.44. The van der Waals surface area contributed by atoms with Gasteiger partial charge in [-0.1, -0.05) is 19.8 Å². The highest BCUT2D eigenvalue weighted by atomic mass is 35.5. The van der Waals surface area contributed by atoms with Gasteiger partial charge in [-0.05, 0) is 36.8 Å². The van der Waals surface area contributed by atoms with Crippen molar-refractivity contribution in [1.29, 1.82) is 0 Å². The van der Waals surface area contributed by atoms with Gasteiger partial charge in [0.05, 0.1) is 5.69 Å². The zero-order chi connectivity index (χ0) is 15.9.